The first kappa shape index (κ1) is 33.8. The number of aromatic nitrogens is 1. The first-order valence-electron chi connectivity index (χ1n) is 12.2. The summed E-state index contributed by atoms with van der Waals surface area (Å²) in [6.45, 7) is 6.32. The van der Waals surface area contributed by atoms with Crippen molar-refractivity contribution in [2.75, 3.05) is 26.8 Å². The molecule has 228 valence electrons. The lowest BCUT2D eigenvalue weighted by Gasteiger charge is -2.53. The smallest absolute Gasteiger partial charge is 0.490 e. The molecule has 1 aromatic carbocycles. The number of methoxy groups -OCH3 is 1. The number of carboxylic acid groups (broad SMARTS) is 2. The number of nitrogens with zero attached hydrogens (tertiary/aromatic N) is 2. The van der Waals surface area contributed by atoms with Gasteiger partial charge in [0, 0.05) is 50.6 Å². The Labute approximate surface area is 231 Å². The average Bonchev–Trinajstić information content (AvgIpc) is 2.87. The molecular formula is C26H30F6N2O7. The van der Waals surface area contributed by atoms with Crippen LogP contribution >= 0.6 is 0 Å². The van der Waals surface area contributed by atoms with E-state index in [0.717, 1.165) is 44.8 Å². The van der Waals surface area contributed by atoms with E-state index in [0.29, 0.717) is 6.61 Å². The second-order valence-corrected chi connectivity index (χ2v) is 9.32. The summed E-state index contributed by atoms with van der Waals surface area (Å²) in [5, 5.41) is 14.2. The van der Waals surface area contributed by atoms with Crippen LogP contribution in [-0.4, -0.2) is 82.9 Å². The number of carbonyl (C=O) groups is 2. The Kier molecular flexibility index (Phi) is 11.9. The number of aryl methyl sites for hydroxylation is 1. The van der Waals surface area contributed by atoms with Crippen LogP contribution in [0.2, 0.25) is 0 Å². The van der Waals surface area contributed by atoms with Gasteiger partial charge in [-0.1, -0.05) is 18.2 Å². The number of rotatable bonds is 6. The number of alkyl halides is 6. The van der Waals surface area contributed by atoms with Gasteiger partial charge in [-0.2, -0.15) is 26.3 Å². The largest absolute Gasteiger partial charge is 0.496 e. The van der Waals surface area contributed by atoms with Crippen LogP contribution in [0.5, 0.6) is 5.75 Å². The molecule has 2 N–H and O–H groups in total. The van der Waals surface area contributed by atoms with Gasteiger partial charge in [0.15, 0.2) is 0 Å². The normalized spacial score (nSPS) is 18.2. The molecule has 0 amide bonds. The summed E-state index contributed by atoms with van der Waals surface area (Å²) in [7, 11) is 1.73. The molecule has 0 radical (unpaired) electrons. The van der Waals surface area contributed by atoms with E-state index in [1.807, 2.05) is 30.6 Å². The van der Waals surface area contributed by atoms with Crippen LogP contribution in [0, 0.1) is 6.92 Å². The van der Waals surface area contributed by atoms with Gasteiger partial charge in [0.2, 0.25) is 0 Å². The maximum atomic E-state index is 10.6. The third-order valence-electron chi connectivity index (χ3n) is 6.16. The van der Waals surface area contributed by atoms with Crippen LogP contribution in [0.15, 0.2) is 42.7 Å². The van der Waals surface area contributed by atoms with Gasteiger partial charge in [-0.15, -0.1) is 0 Å². The molecule has 1 spiro atoms. The SMILES string of the molecule is COc1ccccc1CN1CC2(CC(OCc3cnccc3C)CCO2)C1.O=C(O)C(F)(F)F.O=C(O)C(F)(F)F. The van der Waals surface area contributed by atoms with E-state index < -0.39 is 24.3 Å². The molecule has 2 aromatic rings. The van der Waals surface area contributed by atoms with Crippen LogP contribution in [0.1, 0.15) is 29.5 Å². The highest BCUT2D eigenvalue weighted by molar-refractivity contribution is 5.73. The minimum absolute atomic E-state index is 0.0467. The topological polar surface area (TPSA) is 118 Å². The fourth-order valence-electron chi connectivity index (χ4n) is 4.16. The molecular weight excluding hydrogens is 566 g/mol. The number of halogens is 6. The van der Waals surface area contributed by atoms with Crippen LogP contribution in [0.4, 0.5) is 26.3 Å². The number of benzene rings is 1. The Bertz CT molecular complexity index is 1130. The summed E-state index contributed by atoms with van der Waals surface area (Å²) in [6, 6.07) is 10.3. The lowest BCUT2D eigenvalue weighted by atomic mass is 9.84. The molecule has 9 nitrogen and oxygen atoms in total. The van der Waals surface area contributed by atoms with Crippen molar-refractivity contribution in [3.05, 3.63) is 59.4 Å². The molecule has 1 atom stereocenters. The molecule has 2 fully saturated rings. The van der Waals surface area contributed by atoms with Crippen molar-refractivity contribution in [2.24, 2.45) is 0 Å². The predicted octanol–water partition coefficient (Wildman–Crippen LogP) is 4.62. The molecule has 0 aliphatic carbocycles. The summed E-state index contributed by atoms with van der Waals surface area (Å²) >= 11 is 0. The number of hydrogen-bond donors (Lipinski definition) is 2. The highest BCUT2D eigenvalue weighted by Crippen LogP contribution is 2.37. The fraction of sp³-hybridized carbons (Fsp3) is 0.500. The number of aliphatic carboxylic acids is 2. The number of para-hydroxylation sites is 1. The van der Waals surface area contributed by atoms with Crippen molar-refractivity contribution < 1.29 is 60.4 Å². The maximum Gasteiger partial charge on any atom is 0.490 e. The minimum atomic E-state index is -5.08. The van der Waals surface area contributed by atoms with Crippen LogP contribution < -0.4 is 4.74 Å². The lowest BCUT2D eigenvalue weighted by Crippen LogP contribution is -2.65. The quantitative estimate of drug-likeness (QED) is 0.461. The van der Waals surface area contributed by atoms with Crippen LogP contribution in [0.25, 0.3) is 0 Å². The zero-order valence-electron chi connectivity index (χ0n) is 22.2. The standard InChI is InChI=1S/C22H28N2O3.2C2HF3O2/c1-17-7-9-23-12-19(17)14-26-20-8-10-27-22(11-20)15-24(16-22)13-18-5-3-4-6-21(18)25-2;2*3-2(4,5)1(6)7/h3-7,9,12,20H,8,10-11,13-16H2,1-2H3;2*(H,6,7). The maximum absolute atomic E-state index is 10.6. The Morgan fingerprint density at radius 3 is 2.17 bits per heavy atom. The lowest BCUT2D eigenvalue weighted by molar-refractivity contribution is -0.200. The molecule has 41 heavy (non-hydrogen) atoms. The Morgan fingerprint density at radius 1 is 1.05 bits per heavy atom. The van der Waals surface area contributed by atoms with Gasteiger partial charge >= 0.3 is 24.3 Å². The van der Waals surface area contributed by atoms with Gasteiger partial charge in [0.1, 0.15) is 5.75 Å². The van der Waals surface area contributed by atoms with Crippen molar-refractivity contribution in [2.45, 2.75) is 57.0 Å². The second kappa shape index (κ2) is 14.5. The van der Waals surface area contributed by atoms with Crippen molar-refractivity contribution in [1.29, 1.82) is 0 Å². The van der Waals surface area contributed by atoms with E-state index >= 15 is 0 Å². The van der Waals surface area contributed by atoms with Crippen molar-refractivity contribution in [3.63, 3.8) is 0 Å². The first-order valence-corrected chi connectivity index (χ1v) is 12.2. The number of hydrogen-bond acceptors (Lipinski definition) is 7. The number of ether oxygens (including phenoxy) is 3. The highest BCUT2D eigenvalue weighted by Gasteiger charge is 2.47. The summed E-state index contributed by atoms with van der Waals surface area (Å²) in [5.41, 5.74) is 3.59. The Morgan fingerprint density at radius 2 is 1.63 bits per heavy atom. The van der Waals surface area contributed by atoms with Crippen LogP contribution in [-0.2, 0) is 32.2 Å². The molecule has 1 aromatic heterocycles. The van der Waals surface area contributed by atoms with Gasteiger partial charge in [-0.25, -0.2) is 9.59 Å². The molecule has 2 saturated heterocycles. The first-order chi connectivity index (χ1) is 19.1. The van der Waals surface area contributed by atoms with E-state index in [1.165, 1.54) is 16.7 Å². The number of carboxylic acids is 2. The minimum Gasteiger partial charge on any atom is -0.496 e. The summed E-state index contributed by atoms with van der Waals surface area (Å²) in [6.07, 6.45) is -4.25. The second-order valence-electron chi connectivity index (χ2n) is 9.32. The van der Waals surface area contributed by atoms with E-state index in [4.69, 9.17) is 34.0 Å². The molecule has 2 aliphatic heterocycles. The third-order valence-corrected chi connectivity index (χ3v) is 6.16. The summed E-state index contributed by atoms with van der Waals surface area (Å²) in [4.78, 5) is 24.4. The van der Waals surface area contributed by atoms with E-state index in [1.54, 1.807) is 7.11 Å². The van der Waals surface area contributed by atoms with Gasteiger partial charge in [0.05, 0.1) is 25.4 Å². The number of pyridine rings is 1. The van der Waals surface area contributed by atoms with Gasteiger partial charge in [-0.05, 0) is 36.6 Å². The molecule has 4 rings (SSSR count). The van der Waals surface area contributed by atoms with Gasteiger partial charge in [0.25, 0.3) is 0 Å². The summed E-state index contributed by atoms with van der Waals surface area (Å²) in [5.74, 6) is -4.56. The van der Waals surface area contributed by atoms with Crippen molar-refractivity contribution in [3.8, 4) is 5.75 Å². The molecule has 3 heterocycles. The number of likely N-dealkylation sites (tertiary alicyclic amines) is 1. The highest BCUT2D eigenvalue weighted by atomic mass is 19.4. The average molecular weight is 597 g/mol. The van der Waals surface area contributed by atoms with Gasteiger partial charge < -0.3 is 24.4 Å². The van der Waals surface area contributed by atoms with E-state index in [9.17, 15) is 26.3 Å². The van der Waals surface area contributed by atoms with Crippen LogP contribution in [0.3, 0.4) is 0 Å². The summed E-state index contributed by atoms with van der Waals surface area (Å²) < 4.78 is 81.3. The third kappa shape index (κ3) is 10.8. The van der Waals surface area contributed by atoms with E-state index in [-0.39, 0.29) is 11.7 Å². The Balaban J connectivity index is 0.000000349. The molecule has 0 bridgehead atoms. The molecule has 0 saturated carbocycles. The Hall–Kier alpha value is -3.43. The zero-order valence-corrected chi connectivity index (χ0v) is 22.2. The monoisotopic (exact) mass is 596 g/mol. The molecule has 2 aliphatic rings. The molecule has 1 unspecified atom stereocenters. The molecule has 15 heteroatoms. The predicted molar refractivity (Wildman–Crippen MR) is 131 cm³/mol. The van der Waals surface area contributed by atoms with Gasteiger partial charge in [-0.3, -0.25) is 9.88 Å². The van der Waals surface area contributed by atoms with Crippen molar-refractivity contribution in [1.82, 2.24) is 9.88 Å². The zero-order chi connectivity index (χ0) is 30.8. The fourth-order valence-corrected chi connectivity index (χ4v) is 4.16. The van der Waals surface area contributed by atoms with Crippen molar-refractivity contribution >= 4 is 11.9 Å². The van der Waals surface area contributed by atoms with E-state index in [2.05, 4.69) is 28.9 Å².